The van der Waals surface area contributed by atoms with Crippen LogP contribution in [0.25, 0.3) is 0 Å². The number of benzene rings is 1. The van der Waals surface area contributed by atoms with Gasteiger partial charge in [-0.25, -0.2) is 0 Å². The Morgan fingerprint density at radius 1 is 1.35 bits per heavy atom. The zero-order valence-corrected chi connectivity index (χ0v) is 12.9. The van der Waals surface area contributed by atoms with Crippen molar-refractivity contribution >= 4 is 0 Å². The van der Waals surface area contributed by atoms with Gasteiger partial charge in [-0.1, -0.05) is 32.9 Å². The van der Waals surface area contributed by atoms with Crippen molar-refractivity contribution in [3.8, 4) is 5.75 Å². The van der Waals surface area contributed by atoms with E-state index in [1.807, 2.05) is 12.1 Å². The predicted octanol–water partition coefficient (Wildman–Crippen LogP) is 2.62. The van der Waals surface area contributed by atoms with Crippen LogP contribution in [0.3, 0.4) is 0 Å². The summed E-state index contributed by atoms with van der Waals surface area (Å²) < 4.78 is 5.59. The fourth-order valence-corrected chi connectivity index (χ4v) is 2.42. The number of aliphatic hydroxyl groups excluding tert-OH is 1. The molecule has 2 atom stereocenters. The van der Waals surface area contributed by atoms with E-state index in [1.165, 1.54) is 12.0 Å². The Labute approximate surface area is 122 Å². The number of rotatable bonds is 8. The molecule has 0 spiro atoms. The molecule has 3 nitrogen and oxygen atoms in total. The van der Waals surface area contributed by atoms with Gasteiger partial charge in [0, 0.05) is 6.54 Å². The molecule has 1 aromatic carbocycles. The van der Waals surface area contributed by atoms with Gasteiger partial charge in [0.1, 0.15) is 18.5 Å². The second-order valence-electron chi connectivity index (χ2n) is 6.51. The Hall–Kier alpha value is -1.06. The molecule has 3 heteroatoms. The molecule has 2 unspecified atom stereocenters. The molecular weight excluding hydrogens is 250 g/mol. The summed E-state index contributed by atoms with van der Waals surface area (Å²) in [6.45, 7) is 8.64. The topological polar surface area (TPSA) is 41.5 Å². The van der Waals surface area contributed by atoms with Gasteiger partial charge >= 0.3 is 0 Å². The first-order valence-corrected chi connectivity index (χ1v) is 7.62. The summed E-state index contributed by atoms with van der Waals surface area (Å²) in [7, 11) is 0. The van der Waals surface area contributed by atoms with Crippen molar-refractivity contribution in [3.63, 3.8) is 0 Å². The van der Waals surface area contributed by atoms with Gasteiger partial charge in [0.15, 0.2) is 0 Å². The van der Waals surface area contributed by atoms with Crippen LogP contribution in [0.5, 0.6) is 5.75 Å². The summed E-state index contributed by atoms with van der Waals surface area (Å²) >= 11 is 0. The lowest BCUT2D eigenvalue weighted by molar-refractivity contribution is 0.106. The molecule has 1 saturated carbocycles. The summed E-state index contributed by atoms with van der Waals surface area (Å²) in [6, 6.07) is 8.06. The van der Waals surface area contributed by atoms with Gasteiger partial charge in [0.05, 0.1) is 0 Å². The molecule has 0 heterocycles. The van der Waals surface area contributed by atoms with Crippen LogP contribution in [0.2, 0.25) is 0 Å². The predicted molar refractivity (Wildman–Crippen MR) is 82.1 cm³/mol. The van der Waals surface area contributed by atoms with E-state index < -0.39 is 6.10 Å². The highest BCUT2D eigenvalue weighted by Crippen LogP contribution is 2.50. The summed E-state index contributed by atoms with van der Waals surface area (Å²) in [6.07, 6.45) is 1.86. The van der Waals surface area contributed by atoms with E-state index in [2.05, 4.69) is 38.2 Å². The zero-order chi connectivity index (χ0) is 14.6. The molecule has 1 aromatic rings. The fraction of sp³-hybridized carbons (Fsp3) is 0.647. The summed E-state index contributed by atoms with van der Waals surface area (Å²) in [5.41, 5.74) is 1.79. The summed E-state index contributed by atoms with van der Waals surface area (Å²) in [4.78, 5) is 0. The highest BCUT2D eigenvalue weighted by Gasteiger charge is 2.44. The van der Waals surface area contributed by atoms with E-state index in [0.717, 1.165) is 24.6 Å². The molecule has 0 aliphatic heterocycles. The van der Waals surface area contributed by atoms with E-state index in [-0.39, 0.29) is 0 Å². The Morgan fingerprint density at radius 3 is 2.55 bits per heavy atom. The average Bonchev–Trinajstić information content (AvgIpc) is 3.04. The van der Waals surface area contributed by atoms with E-state index in [4.69, 9.17) is 4.74 Å². The first-order chi connectivity index (χ1) is 9.51. The Morgan fingerprint density at radius 2 is 2.00 bits per heavy atom. The third-order valence-electron chi connectivity index (χ3n) is 4.26. The lowest BCUT2D eigenvalue weighted by Crippen LogP contribution is -2.33. The largest absolute Gasteiger partial charge is 0.491 e. The van der Waals surface area contributed by atoms with Gasteiger partial charge in [-0.05, 0) is 48.4 Å². The average molecular weight is 277 g/mol. The van der Waals surface area contributed by atoms with Crippen LogP contribution in [-0.4, -0.2) is 30.9 Å². The smallest absolute Gasteiger partial charge is 0.119 e. The number of nitrogens with one attached hydrogen (secondary N) is 1. The van der Waals surface area contributed by atoms with Crippen molar-refractivity contribution in [1.29, 1.82) is 0 Å². The fourth-order valence-electron chi connectivity index (χ4n) is 2.42. The third-order valence-corrected chi connectivity index (χ3v) is 4.26. The normalized spacial score (nSPS) is 21.5. The van der Waals surface area contributed by atoms with Gasteiger partial charge in [-0.2, -0.15) is 0 Å². The minimum absolute atomic E-state index is 0.340. The molecule has 112 valence electrons. The first-order valence-electron chi connectivity index (χ1n) is 7.62. The second-order valence-corrected chi connectivity index (χ2v) is 6.51. The van der Waals surface area contributed by atoms with Crippen molar-refractivity contribution in [2.45, 2.75) is 39.7 Å². The quantitative estimate of drug-likeness (QED) is 0.767. The van der Waals surface area contributed by atoms with E-state index in [9.17, 15) is 5.11 Å². The molecular formula is C17H27NO2. The number of hydrogen-bond donors (Lipinski definition) is 2. The Bertz CT molecular complexity index is 414. The molecule has 1 aliphatic rings. The maximum absolute atomic E-state index is 9.89. The number of hydrogen-bond acceptors (Lipinski definition) is 3. The molecule has 0 bridgehead atoms. The monoisotopic (exact) mass is 277 g/mol. The van der Waals surface area contributed by atoms with Gasteiger partial charge in [-0.15, -0.1) is 0 Å². The van der Waals surface area contributed by atoms with Crippen LogP contribution in [0, 0.1) is 11.3 Å². The van der Waals surface area contributed by atoms with Crippen LogP contribution < -0.4 is 10.1 Å². The maximum Gasteiger partial charge on any atom is 0.119 e. The van der Waals surface area contributed by atoms with Crippen LogP contribution in [0.15, 0.2) is 24.3 Å². The molecule has 0 amide bonds. The van der Waals surface area contributed by atoms with E-state index in [0.29, 0.717) is 18.6 Å². The highest BCUT2D eigenvalue weighted by molar-refractivity contribution is 5.27. The Kier molecular flexibility index (Phi) is 5.06. The van der Waals surface area contributed by atoms with E-state index >= 15 is 0 Å². The lowest BCUT2D eigenvalue weighted by Gasteiger charge is -2.14. The minimum atomic E-state index is -0.456. The second kappa shape index (κ2) is 6.59. The van der Waals surface area contributed by atoms with Gasteiger partial charge in [-0.3, -0.25) is 0 Å². The van der Waals surface area contributed by atoms with Crippen LogP contribution in [0.1, 0.15) is 32.8 Å². The lowest BCUT2D eigenvalue weighted by atomic mass is 10.1. The summed E-state index contributed by atoms with van der Waals surface area (Å²) in [5.74, 6) is 1.58. The van der Waals surface area contributed by atoms with E-state index in [1.54, 1.807) is 0 Å². The van der Waals surface area contributed by atoms with Crippen molar-refractivity contribution in [3.05, 3.63) is 29.8 Å². The molecule has 1 fully saturated rings. The third kappa shape index (κ3) is 4.50. The molecule has 0 aromatic heterocycles. The zero-order valence-electron chi connectivity index (χ0n) is 12.9. The standard InChI is InChI=1S/C17H27NO2/c1-4-13-5-7-16(8-6-13)20-12-15(19)11-18-10-14-9-17(14,2)3/h5-8,14-15,18-19H,4,9-12H2,1-3H3. The first kappa shape index (κ1) is 15.3. The Balaban J connectivity index is 1.60. The van der Waals surface area contributed by atoms with Gasteiger partial charge in [0.25, 0.3) is 0 Å². The van der Waals surface area contributed by atoms with Crippen LogP contribution in [-0.2, 0) is 6.42 Å². The number of aryl methyl sites for hydroxylation is 1. The molecule has 2 rings (SSSR count). The number of ether oxygens (including phenoxy) is 1. The number of aliphatic hydroxyl groups is 1. The summed E-state index contributed by atoms with van der Waals surface area (Å²) in [5, 5.41) is 13.2. The minimum Gasteiger partial charge on any atom is -0.491 e. The van der Waals surface area contributed by atoms with Crippen LogP contribution >= 0.6 is 0 Å². The molecule has 0 radical (unpaired) electrons. The van der Waals surface area contributed by atoms with Crippen molar-refractivity contribution in [2.75, 3.05) is 19.7 Å². The van der Waals surface area contributed by atoms with Gasteiger partial charge in [0.2, 0.25) is 0 Å². The highest BCUT2D eigenvalue weighted by atomic mass is 16.5. The molecule has 2 N–H and O–H groups in total. The molecule has 0 saturated heterocycles. The van der Waals surface area contributed by atoms with Crippen molar-refractivity contribution in [1.82, 2.24) is 5.32 Å². The van der Waals surface area contributed by atoms with Crippen LogP contribution in [0.4, 0.5) is 0 Å². The van der Waals surface area contributed by atoms with Gasteiger partial charge < -0.3 is 15.2 Å². The molecule has 1 aliphatic carbocycles. The maximum atomic E-state index is 9.89. The van der Waals surface area contributed by atoms with Crippen molar-refractivity contribution in [2.24, 2.45) is 11.3 Å². The SMILES string of the molecule is CCc1ccc(OCC(O)CNCC2CC2(C)C)cc1. The molecule has 20 heavy (non-hydrogen) atoms. The van der Waals surface area contributed by atoms with Crippen molar-refractivity contribution < 1.29 is 9.84 Å².